The Morgan fingerprint density at radius 1 is 1.13 bits per heavy atom. The standard InChI is InChI=1S/C20H23NO2/c1-2-3-10-16-13-18(22)19-17(20(16)23)11-7-12-21(19)14-15-8-5-4-6-9-15/h4-6,8-9,13H,2-3,7,10-12,14H2,1H3. The van der Waals surface area contributed by atoms with E-state index in [0.717, 1.165) is 44.2 Å². The monoisotopic (exact) mass is 309 g/mol. The van der Waals surface area contributed by atoms with Gasteiger partial charge in [-0.15, -0.1) is 0 Å². The maximum absolute atomic E-state index is 12.7. The molecule has 3 heteroatoms. The number of unbranched alkanes of at least 4 members (excludes halogenated alkanes) is 1. The molecule has 2 aliphatic rings. The van der Waals surface area contributed by atoms with Gasteiger partial charge in [0.05, 0.1) is 5.70 Å². The minimum Gasteiger partial charge on any atom is -0.364 e. The van der Waals surface area contributed by atoms with Crippen LogP contribution in [0.5, 0.6) is 0 Å². The summed E-state index contributed by atoms with van der Waals surface area (Å²) >= 11 is 0. The van der Waals surface area contributed by atoms with Crippen LogP contribution in [0.3, 0.4) is 0 Å². The number of carbonyl (C=O) groups is 2. The number of rotatable bonds is 5. The van der Waals surface area contributed by atoms with E-state index < -0.39 is 0 Å². The molecule has 0 saturated heterocycles. The lowest BCUT2D eigenvalue weighted by Crippen LogP contribution is -2.36. The van der Waals surface area contributed by atoms with E-state index in [-0.39, 0.29) is 11.6 Å². The van der Waals surface area contributed by atoms with Crippen molar-refractivity contribution in [2.75, 3.05) is 6.54 Å². The maximum atomic E-state index is 12.7. The van der Waals surface area contributed by atoms with Crippen molar-refractivity contribution in [2.24, 2.45) is 0 Å². The largest absolute Gasteiger partial charge is 0.364 e. The Kier molecular flexibility index (Phi) is 4.75. The van der Waals surface area contributed by atoms with Gasteiger partial charge in [0.15, 0.2) is 5.78 Å². The van der Waals surface area contributed by atoms with Crippen molar-refractivity contribution < 1.29 is 9.59 Å². The van der Waals surface area contributed by atoms with Crippen LogP contribution in [0.25, 0.3) is 0 Å². The first-order valence-corrected chi connectivity index (χ1v) is 8.52. The summed E-state index contributed by atoms with van der Waals surface area (Å²) in [5.74, 6) is 0.118. The first kappa shape index (κ1) is 15.7. The summed E-state index contributed by atoms with van der Waals surface area (Å²) in [4.78, 5) is 27.4. The third kappa shape index (κ3) is 3.29. The normalized spacial score (nSPS) is 18.1. The van der Waals surface area contributed by atoms with Crippen molar-refractivity contribution in [2.45, 2.75) is 45.6 Å². The van der Waals surface area contributed by atoms with Crippen LogP contribution in [0, 0.1) is 0 Å². The third-order valence-electron chi connectivity index (χ3n) is 4.58. The number of hydrogen-bond donors (Lipinski definition) is 0. The van der Waals surface area contributed by atoms with Crippen LogP contribution in [0.15, 0.2) is 53.3 Å². The van der Waals surface area contributed by atoms with Crippen LogP contribution < -0.4 is 0 Å². The number of nitrogens with zero attached hydrogens (tertiary/aromatic N) is 1. The number of benzene rings is 1. The molecule has 0 unspecified atom stereocenters. The average molecular weight is 309 g/mol. The smallest absolute Gasteiger partial charge is 0.202 e. The predicted octanol–water partition coefficient (Wildman–Crippen LogP) is 3.80. The molecule has 0 aromatic heterocycles. The van der Waals surface area contributed by atoms with E-state index in [0.29, 0.717) is 17.8 Å². The van der Waals surface area contributed by atoms with E-state index in [1.807, 2.05) is 18.2 Å². The molecule has 0 spiro atoms. The number of ketones is 2. The Labute approximate surface area is 137 Å². The highest BCUT2D eigenvalue weighted by molar-refractivity contribution is 6.22. The van der Waals surface area contributed by atoms with Gasteiger partial charge in [0, 0.05) is 24.2 Å². The third-order valence-corrected chi connectivity index (χ3v) is 4.58. The molecule has 0 bridgehead atoms. The van der Waals surface area contributed by atoms with Gasteiger partial charge in [-0.25, -0.2) is 0 Å². The van der Waals surface area contributed by atoms with E-state index in [1.165, 1.54) is 5.56 Å². The fourth-order valence-corrected chi connectivity index (χ4v) is 3.39. The van der Waals surface area contributed by atoms with Gasteiger partial charge in [0.2, 0.25) is 5.78 Å². The Balaban J connectivity index is 1.85. The minimum atomic E-state index is 0.0151. The highest BCUT2D eigenvalue weighted by atomic mass is 16.1. The Morgan fingerprint density at radius 2 is 1.91 bits per heavy atom. The topological polar surface area (TPSA) is 37.4 Å². The van der Waals surface area contributed by atoms with Crippen molar-refractivity contribution in [3.05, 3.63) is 58.8 Å². The first-order valence-electron chi connectivity index (χ1n) is 8.52. The van der Waals surface area contributed by atoms with E-state index in [4.69, 9.17) is 0 Å². The van der Waals surface area contributed by atoms with Crippen LogP contribution in [0.4, 0.5) is 0 Å². The lowest BCUT2D eigenvalue weighted by Gasteiger charge is -2.34. The molecule has 120 valence electrons. The van der Waals surface area contributed by atoms with E-state index >= 15 is 0 Å². The fraction of sp³-hybridized carbons (Fsp3) is 0.400. The summed E-state index contributed by atoms with van der Waals surface area (Å²) in [7, 11) is 0. The maximum Gasteiger partial charge on any atom is 0.202 e. The molecule has 3 nitrogen and oxygen atoms in total. The molecule has 0 fully saturated rings. The number of hydrogen-bond acceptors (Lipinski definition) is 3. The molecule has 0 amide bonds. The zero-order valence-electron chi connectivity index (χ0n) is 13.7. The van der Waals surface area contributed by atoms with Crippen molar-refractivity contribution in [1.82, 2.24) is 4.90 Å². The molecule has 1 aliphatic heterocycles. The van der Waals surface area contributed by atoms with Gasteiger partial charge >= 0.3 is 0 Å². The van der Waals surface area contributed by atoms with Crippen LogP contribution >= 0.6 is 0 Å². The van der Waals surface area contributed by atoms with Gasteiger partial charge in [-0.3, -0.25) is 9.59 Å². The van der Waals surface area contributed by atoms with Gasteiger partial charge in [-0.05, 0) is 37.3 Å². The molecule has 3 rings (SSSR count). The molecule has 1 heterocycles. The average Bonchev–Trinajstić information content (AvgIpc) is 2.57. The van der Waals surface area contributed by atoms with Gasteiger partial charge in [0.1, 0.15) is 0 Å². The van der Waals surface area contributed by atoms with Crippen molar-refractivity contribution in [3.8, 4) is 0 Å². The predicted molar refractivity (Wildman–Crippen MR) is 90.7 cm³/mol. The molecule has 1 aromatic rings. The van der Waals surface area contributed by atoms with E-state index in [1.54, 1.807) is 6.08 Å². The quantitative estimate of drug-likeness (QED) is 0.776. The van der Waals surface area contributed by atoms with Crippen LogP contribution in [0.1, 0.15) is 44.6 Å². The highest BCUT2D eigenvalue weighted by Crippen LogP contribution is 2.32. The second-order valence-electron chi connectivity index (χ2n) is 6.30. The Hall–Kier alpha value is -2.16. The lowest BCUT2D eigenvalue weighted by molar-refractivity contribution is -0.117. The molecule has 23 heavy (non-hydrogen) atoms. The van der Waals surface area contributed by atoms with Gasteiger partial charge < -0.3 is 4.90 Å². The van der Waals surface area contributed by atoms with Crippen LogP contribution in [-0.4, -0.2) is 23.0 Å². The SMILES string of the molecule is CCCCC1=CC(=O)C2=C(CCCN2Cc2ccccc2)C1=O. The summed E-state index contributed by atoms with van der Waals surface area (Å²) in [5.41, 5.74) is 3.26. The lowest BCUT2D eigenvalue weighted by atomic mass is 9.85. The molecule has 0 radical (unpaired) electrons. The molecule has 0 saturated carbocycles. The second kappa shape index (κ2) is 6.95. The highest BCUT2D eigenvalue weighted by Gasteiger charge is 2.33. The van der Waals surface area contributed by atoms with Gasteiger partial charge in [0.25, 0.3) is 0 Å². The first-order chi connectivity index (χ1) is 11.2. The Morgan fingerprint density at radius 3 is 2.65 bits per heavy atom. The van der Waals surface area contributed by atoms with Crippen LogP contribution in [-0.2, 0) is 16.1 Å². The van der Waals surface area contributed by atoms with Crippen molar-refractivity contribution >= 4 is 11.6 Å². The molecular formula is C20H23NO2. The molecule has 1 aliphatic carbocycles. The van der Waals surface area contributed by atoms with Crippen LogP contribution in [0.2, 0.25) is 0 Å². The van der Waals surface area contributed by atoms with Crippen molar-refractivity contribution in [1.29, 1.82) is 0 Å². The zero-order chi connectivity index (χ0) is 16.2. The van der Waals surface area contributed by atoms with Crippen molar-refractivity contribution in [3.63, 3.8) is 0 Å². The summed E-state index contributed by atoms with van der Waals surface area (Å²) in [6, 6.07) is 10.1. The minimum absolute atomic E-state index is 0.0151. The second-order valence-corrected chi connectivity index (χ2v) is 6.30. The fourth-order valence-electron chi connectivity index (χ4n) is 3.39. The Bertz CT molecular complexity index is 670. The molecule has 1 aromatic carbocycles. The molecule has 0 N–H and O–H groups in total. The number of carbonyl (C=O) groups excluding carboxylic acids is 2. The zero-order valence-corrected chi connectivity index (χ0v) is 13.7. The summed E-state index contributed by atoms with van der Waals surface area (Å²) in [6.07, 6.45) is 5.96. The summed E-state index contributed by atoms with van der Waals surface area (Å²) in [5, 5.41) is 0. The molecular weight excluding hydrogens is 286 g/mol. The number of allylic oxidation sites excluding steroid dienone is 3. The van der Waals surface area contributed by atoms with E-state index in [2.05, 4.69) is 24.0 Å². The van der Waals surface area contributed by atoms with E-state index in [9.17, 15) is 9.59 Å². The molecule has 0 atom stereocenters. The van der Waals surface area contributed by atoms with Gasteiger partial charge in [-0.1, -0.05) is 43.7 Å². The number of Topliss-reactive ketones (excluding diaryl/α,β-unsaturated/α-hetero) is 1. The summed E-state index contributed by atoms with van der Waals surface area (Å²) < 4.78 is 0. The van der Waals surface area contributed by atoms with Gasteiger partial charge in [-0.2, -0.15) is 0 Å². The summed E-state index contributed by atoms with van der Waals surface area (Å²) in [6.45, 7) is 3.63.